The van der Waals surface area contributed by atoms with Crippen LogP contribution in [0.3, 0.4) is 0 Å². The highest BCUT2D eigenvalue weighted by molar-refractivity contribution is 5.18. The van der Waals surface area contributed by atoms with Gasteiger partial charge in [-0.3, -0.25) is 0 Å². The monoisotopic (exact) mass is 249 g/mol. The standard InChI is InChI=1S/C11H14F3NO2/c12-8-3-1-2-7(4-8)9(16)5-15-6-10(17)11(13)14/h1-4,9-11,15-17H,5-6H2. The van der Waals surface area contributed by atoms with E-state index in [9.17, 15) is 18.3 Å². The first-order valence-electron chi connectivity index (χ1n) is 5.11. The molecule has 0 saturated carbocycles. The molecule has 3 nitrogen and oxygen atoms in total. The summed E-state index contributed by atoms with van der Waals surface area (Å²) in [5.74, 6) is -0.478. The summed E-state index contributed by atoms with van der Waals surface area (Å²) in [5.41, 5.74) is 0.351. The fourth-order valence-corrected chi connectivity index (χ4v) is 1.29. The fraction of sp³-hybridized carbons (Fsp3) is 0.455. The molecule has 0 aromatic heterocycles. The van der Waals surface area contributed by atoms with Crippen molar-refractivity contribution in [3.63, 3.8) is 0 Å². The molecule has 0 aliphatic heterocycles. The molecule has 96 valence electrons. The van der Waals surface area contributed by atoms with Gasteiger partial charge in [0, 0.05) is 13.1 Å². The summed E-state index contributed by atoms with van der Waals surface area (Å²) < 4.78 is 36.7. The first-order chi connectivity index (χ1) is 8.00. The predicted molar refractivity (Wildman–Crippen MR) is 56.2 cm³/mol. The van der Waals surface area contributed by atoms with E-state index in [0.717, 1.165) is 6.07 Å². The van der Waals surface area contributed by atoms with Gasteiger partial charge >= 0.3 is 0 Å². The van der Waals surface area contributed by atoms with E-state index in [1.54, 1.807) is 0 Å². The Morgan fingerprint density at radius 2 is 1.88 bits per heavy atom. The summed E-state index contributed by atoms with van der Waals surface area (Å²) in [5, 5.41) is 20.9. The Balaban J connectivity index is 2.37. The number of aliphatic hydroxyl groups is 2. The number of rotatable bonds is 6. The Morgan fingerprint density at radius 1 is 1.18 bits per heavy atom. The van der Waals surface area contributed by atoms with Crippen LogP contribution in [0.5, 0.6) is 0 Å². The molecule has 6 heteroatoms. The van der Waals surface area contributed by atoms with Gasteiger partial charge in [-0.15, -0.1) is 0 Å². The number of halogens is 3. The fourth-order valence-electron chi connectivity index (χ4n) is 1.29. The van der Waals surface area contributed by atoms with E-state index in [1.165, 1.54) is 18.2 Å². The molecule has 0 fully saturated rings. The van der Waals surface area contributed by atoms with Crippen molar-refractivity contribution in [1.82, 2.24) is 5.32 Å². The molecule has 2 unspecified atom stereocenters. The minimum absolute atomic E-state index is 0.0345. The van der Waals surface area contributed by atoms with Gasteiger partial charge in [-0.2, -0.15) is 0 Å². The molecule has 0 bridgehead atoms. The topological polar surface area (TPSA) is 52.5 Å². The summed E-state index contributed by atoms with van der Waals surface area (Å²) >= 11 is 0. The second-order valence-electron chi connectivity index (χ2n) is 3.63. The van der Waals surface area contributed by atoms with Crippen LogP contribution in [0, 0.1) is 5.82 Å². The van der Waals surface area contributed by atoms with Gasteiger partial charge < -0.3 is 15.5 Å². The molecule has 0 aliphatic carbocycles. The first-order valence-corrected chi connectivity index (χ1v) is 5.11. The maximum Gasteiger partial charge on any atom is 0.265 e. The quantitative estimate of drug-likeness (QED) is 0.707. The molecule has 0 amide bonds. The van der Waals surface area contributed by atoms with Gasteiger partial charge in [-0.25, -0.2) is 13.2 Å². The summed E-state index contributed by atoms with van der Waals surface area (Å²) in [6.45, 7) is -0.364. The van der Waals surface area contributed by atoms with Crippen molar-refractivity contribution in [1.29, 1.82) is 0 Å². The van der Waals surface area contributed by atoms with Crippen LogP contribution < -0.4 is 5.32 Å². The molecule has 0 heterocycles. The minimum Gasteiger partial charge on any atom is -0.387 e. The molecule has 3 N–H and O–H groups in total. The van der Waals surface area contributed by atoms with Gasteiger partial charge in [0.2, 0.25) is 0 Å². The van der Waals surface area contributed by atoms with Crippen LogP contribution in [0.25, 0.3) is 0 Å². The van der Waals surface area contributed by atoms with Crippen molar-refractivity contribution in [2.75, 3.05) is 13.1 Å². The largest absolute Gasteiger partial charge is 0.387 e. The molecule has 0 spiro atoms. The van der Waals surface area contributed by atoms with Gasteiger partial charge in [0.15, 0.2) is 0 Å². The normalized spacial score (nSPS) is 14.9. The van der Waals surface area contributed by atoms with Crippen LogP contribution in [0.4, 0.5) is 13.2 Å². The van der Waals surface area contributed by atoms with E-state index in [0.29, 0.717) is 5.56 Å². The highest BCUT2D eigenvalue weighted by atomic mass is 19.3. The summed E-state index contributed by atoms with van der Waals surface area (Å²) in [4.78, 5) is 0. The lowest BCUT2D eigenvalue weighted by Gasteiger charge is -2.14. The van der Waals surface area contributed by atoms with Gasteiger partial charge in [0.25, 0.3) is 6.43 Å². The van der Waals surface area contributed by atoms with Crippen molar-refractivity contribution >= 4 is 0 Å². The Morgan fingerprint density at radius 3 is 2.47 bits per heavy atom. The summed E-state index contributed by atoms with van der Waals surface area (Å²) in [6, 6.07) is 5.38. The van der Waals surface area contributed by atoms with E-state index in [-0.39, 0.29) is 13.1 Å². The number of aliphatic hydroxyl groups excluding tert-OH is 2. The van der Waals surface area contributed by atoms with Crippen LogP contribution in [0.15, 0.2) is 24.3 Å². The molecule has 0 saturated heterocycles. The average Bonchev–Trinajstić information content (AvgIpc) is 2.28. The van der Waals surface area contributed by atoms with Gasteiger partial charge in [-0.05, 0) is 17.7 Å². The molecule has 17 heavy (non-hydrogen) atoms. The SMILES string of the molecule is OC(CNCC(O)C(F)F)c1cccc(F)c1. The molecule has 2 atom stereocenters. The highest BCUT2D eigenvalue weighted by Crippen LogP contribution is 2.13. The number of nitrogens with one attached hydrogen (secondary N) is 1. The number of alkyl halides is 2. The zero-order chi connectivity index (χ0) is 12.8. The van der Waals surface area contributed by atoms with Gasteiger partial charge in [0.05, 0.1) is 6.10 Å². The average molecular weight is 249 g/mol. The van der Waals surface area contributed by atoms with Crippen molar-refractivity contribution < 1.29 is 23.4 Å². The Labute approximate surface area is 96.9 Å². The maximum atomic E-state index is 12.8. The van der Waals surface area contributed by atoms with Crippen LogP contribution in [-0.2, 0) is 0 Å². The molecular formula is C11H14F3NO2. The third-order valence-electron chi connectivity index (χ3n) is 2.22. The Hall–Kier alpha value is -1.11. The number of hydrogen-bond acceptors (Lipinski definition) is 3. The molecule has 0 radical (unpaired) electrons. The van der Waals surface area contributed by atoms with Crippen molar-refractivity contribution in [2.45, 2.75) is 18.6 Å². The maximum absolute atomic E-state index is 12.8. The first kappa shape index (κ1) is 14.0. The van der Waals surface area contributed by atoms with Crippen LogP contribution in [0.1, 0.15) is 11.7 Å². The lowest BCUT2D eigenvalue weighted by atomic mass is 10.1. The summed E-state index contributed by atoms with van der Waals surface area (Å²) in [7, 11) is 0. The second kappa shape index (κ2) is 6.58. The van der Waals surface area contributed by atoms with Crippen molar-refractivity contribution in [3.05, 3.63) is 35.6 Å². The smallest absolute Gasteiger partial charge is 0.265 e. The Kier molecular flexibility index (Phi) is 5.40. The Bertz CT molecular complexity index is 349. The number of hydrogen-bond donors (Lipinski definition) is 3. The third-order valence-corrected chi connectivity index (χ3v) is 2.22. The van der Waals surface area contributed by atoms with Gasteiger partial charge in [-0.1, -0.05) is 12.1 Å². The molecular weight excluding hydrogens is 235 g/mol. The van der Waals surface area contributed by atoms with Crippen molar-refractivity contribution in [3.8, 4) is 0 Å². The van der Waals surface area contributed by atoms with E-state index in [2.05, 4.69) is 5.32 Å². The lowest BCUT2D eigenvalue weighted by Crippen LogP contribution is -2.34. The van der Waals surface area contributed by atoms with E-state index in [1.807, 2.05) is 0 Å². The van der Waals surface area contributed by atoms with Crippen LogP contribution in [-0.4, -0.2) is 35.8 Å². The second-order valence-corrected chi connectivity index (χ2v) is 3.63. The van der Waals surface area contributed by atoms with Gasteiger partial charge in [0.1, 0.15) is 11.9 Å². The molecule has 0 aliphatic rings. The van der Waals surface area contributed by atoms with Crippen LogP contribution in [0.2, 0.25) is 0 Å². The van der Waals surface area contributed by atoms with Crippen molar-refractivity contribution in [2.24, 2.45) is 0 Å². The zero-order valence-corrected chi connectivity index (χ0v) is 8.98. The minimum atomic E-state index is -2.83. The third kappa shape index (κ3) is 4.72. The molecule has 1 rings (SSSR count). The molecule has 1 aromatic rings. The van der Waals surface area contributed by atoms with E-state index in [4.69, 9.17) is 5.11 Å². The predicted octanol–water partition coefficient (Wildman–Crippen LogP) is 1.07. The summed E-state index contributed by atoms with van der Waals surface area (Å²) in [6.07, 6.45) is -5.60. The highest BCUT2D eigenvalue weighted by Gasteiger charge is 2.16. The zero-order valence-electron chi connectivity index (χ0n) is 8.98. The lowest BCUT2D eigenvalue weighted by molar-refractivity contribution is -0.00463. The van der Waals surface area contributed by atoms with Crippen LogP contribution >= 0.6 is 0 Å². The van der Waals surface area contributed by atoms with E-state index >= 15 is 0 Å². The van der Waals surface area contributed by atoms with E-state index < -0.39 is 24.5 Å². The molecule has 1 aromatic carbocycles. The number of benzene rings is 1.